The third-order valence-corrected chi connectivity index (χ3v) is 1.44. The van der Waals surface area contributed by atoms with E-state index >= 15 is 0 Å². The summed E-state index contributed by atoms with van der Waals surface area (Å²) in [7, 11) is 0. The summed E-state index contributed by atoms with van der Waals surface area (Å²) in [5.41, 5.74) is -3.46. The first-order valence-electron chi connectivity index (χ1n) is 3.24. The van der Waals surface area contributed by atoms with E-state index in [9.17, 15) is 29.7 Å². The van der Waals surface area contributed by atoms with Crippen molar-refractivity contribution < 1.29 is 91.3 Å². The van der Waals surface area contributed by atoms with Crippen LogP contribution in [0.2, 0.25) is 0 Å². The van der Waals surface area contributed by atoms with Crippen molar-refractivity contribution in [2.75, 3.05) is 0 Å². The maximum Gasteiger partial charge on any atom is 2.00 e. The Morgan fingerprint density at radius 2 is 1.56 bits per heavy atom. The third-order valence-electron chi connectivity index (χ3n) is 1.44. The molecule has 0 radical (unpaired) electrons. The standard InChI is InChI=1S/C6H8O8.K.Mg/c7-2(8)1-6(14,5(12)13)3(9)4(10)11;;/h3,9,14H,1H2,(H,7,8)(H,10,11)(H,12,13);;/q;+1;+2/p-3. The normalized spacial score (nSPS) is 14.6. The van der Waals surface area contributed by atoms with Crippen LogP contribution in [0.3, 0.4) is 0 Å². The zero-order chi connectivity index (χ0) is 11.5. The average Bonchev–Trinajstić information content (AvgIpc) is 2.00. The molecule has 0 aromatic rings. The van der Waals surface area contributed by atoms with Gasteiger partial charge >= 0.3 is 74.4 Å². The van der Waals surface area contributed by atoms with Crippen LogP contribution in [0.5, 0.6) is 0 Å². The molecule has 10 heteroatoms. The second kappa shape index (κ2) is 8.77. The number of carbonyl (C=O) groups excluding carboxylic acids is 3. The van der Waals surface area contributed by atoms with E-state index < -0.39 is 36.0 Å². The Kier molecular flexibility index (Phi) is 12.0. The smallest absolute Gasteiger partial charge is 0.550 e. The summed E-state index contributed by atoms with van der Waals surface area (Å²) in [6.45, 7) is 0. The van der Waals surface area contributed by atoms with Crippen molar-refractivity contribution in [3.8, 4) is 0 Å². The van der Waals surface area contributed by atoms with Crippen molar-refractivity contribution in [1.82, 2.24) is 0 Å². The molecule has 0 spiro atoms. The third kappa shape index (κ3) is 5.88. The van der Waals surface area contributed by atoms with E-state index in [0.717, 1.165) is 0 Å². The van der Waals surface area contributed by atoms with Crippen LogP contribution in [0, 0.1) is 0 Å². The van der Waals surface area contributed by atoms with Crippen LogP contribution in [-0.2, 0) is 14.4 Å². The van der Waals surface area contributed by atoms with Gasteiger partial charge in [-0.05, 0) is 0 Å². The molecule has 8 nitrogen and oxygen atoms in total. The second-order valence-electron chi connectivity index (χ2n) is 2.48. The molecule has 0 aromatic carbocycles. The van der Waals surface area contributed by atoms with Gasteiger partial charge in [-0.1, -0.05) is 0 Å². The van der Waals surface area contributed by atoms with Crippen LogP contribution < -0.4 is 66.7 Å². The molecule has 0 aliphatic heterocycles. The molecule has 0 rings (SSSR count). The maximum atomic E-state index is 10.2. The minimum Gasteiger partial charge on any atom is -0.550 e. The zero-order valence-electron chi connectivity index (χ0n) is 8.34. The summed E-state index contributed by atoms with van der Waals surface area (Å²) in [5.74, 6) is -6.84. The number of carboxylic acid groups (broad SMARTS) is 3. The topological polar surface area (TPSA) is 161 Å². The number of hydrogen-bond donors (Lipinski definition) is 2. The zero-order valence-corrected chi connectivity index (χ0v) is 12.9. The fraction of sp³-hybridized carbons (Fsp3) is 0.500. The molecule has 0 aromatic heterocycles. The molecule has 0 bridgehead atoms. The average molecular weight is 269 g/mol. The molecule has 0 amide bonds. The molecule has 0 aliphatic carbocycles. The molecule has 2 unspecified atom stereocenters. The van der Waals surface area contributed by atoms with E-state index in [2.05, 4.69) is 0 Å². The number of hydrogen-bond acceptors (Lipinski definition) is 8. The summed E-state index contributed by atoms with van der Waals surface area (Å²) >= 11 is 0. The van der Waals surface area contributed by atoms with E-state index in [1.54, 1.807) is 0 Å². The molecule has 0 aliphatic rings. The van der Waals surface area contributed by atoms with Crippen molar-refractivity contribution in [3.63, 3.8) is 0 Å². The van der Waals surface area contributed by atoms with E-state index in [-0.39, 0.29) is 74.4 Å². The van der Waals surface area contributed by atoms with Crippen molar-refractivity contribution >= 4 is 41.0 Å². The monoisotopic (exact) mass is 268 g/mol. The Morgan fingerprint density at radius 3 is 1.75 bits per heavy atom. The molecule has 2 N–H and O–H groups in total. The molecule has 0 saturated carbocycles. The Balaban J connectivity index is -0.000000845. The molecule has 80 valence electrons. The Morgan fingerprint density at radius 1 is 1.19 bits per heavy atom. The van der Waals surface area contributed by atoms with Gasteiger partial charge < -0.3 is 39.9 Å². The second-order valence-corrected chi connectivity index (χ2v) is 2.48. The van der Waals surface area contributed by atoms with Crippen molar-refractivity contribution in [1.29, 1.82) is 0 Å². The first kappa shape index (κ1) is 22.0. The summed E-state index contributed by atoms with van der Waals surface area (Å²) < 4.78 is 0. The van der Waals surface area contributed by atoms with Gasteiger partial charge in [0, 0.05) is 12.4 Å². The SMILES string of the molecule is O=C([O-])CC(O)(C(=O)[O-])C(O)C(=O)[O-].[K+].[Mg+2]. The first-order valence-corrected chi connectivity index (χ1v) is 3.24. The predicted octanol–water partition coefficient (Wildman–Crippen LogP) is -9.66. The molecular weight excluding hydrogens is 263 g/mol. The van der Waals surface area contributed by atoms with Crippen LogP contribution in [0.1, 0.15) is 6.42 Å². The van der Waals surface area contributed by atoms with Gasteiger partial charge in [-0.2, -0.15) is 0 Å². The van der Waals surface area contributed by atoms with Gasteiger partial charge in [-0.25, -0.2) is 0 Å². The van der Waals surface area contributed by atoms with Gasteiger partial charge in [-0.3, -0.25) is 0 Å². The van der Waals surface area contributed by atoms with E-state index in [1.165, 1.54) is 0 Å². The van der Waals surface area contributed by atoms with Gasteiger partial charge in [0.25, 0.3) is 0 Å². The molecule has 0 fully saturated rings. The van der Waals surface area contributed by atoms with Crippen LogP contribution in [0.4, 0.5) is 0 Å². The van der Waals surface area contributed by atoms with Crippen LogP contribution >= 0.6 is 0 Å². The molecule has 16 heavy (non-hydrogen) atoms. The van der Waals surface area contributed by atoms with Crippen molar-refractivity contribution in [3.05, 3.63) is 0 Å². The van der Waals surface area contributed by atoms with E-state index in [4.69, 9.17) is 10.2 Å². The minimum absolute atomic E-state index is 0. The number of carbonyl (C=O) groups is 3. The largest absolute Gasteiger partial charge is 2.00 e. The first-order chi connectivity index (χ1) is 6.21. The Labute approximate surface area is 148 Å². The van der Waals surface area contributed by atoms with Gasteiger partial charge in [-0.15, -0.1) is 0 Å². The quantitative estimate of drug-likeness (QED) is 0.464. The van der Waals surface area contributed by atoms with Crippen LogP contribution in [-0.4, -0.2) is 62.9 Å². The Hall–Kier alpha value is 0.733. The number of aliphatic hydroxyl groups is 2. The number of aliphatic hydroxyl groups excluding tert-OH is 1. The van der Waals surface area contributed by atoms with Crippen molar-refractivity contribution in [2.45, 2.75) is 18.1 Å². The summed E-state index contributed by atoms with van der Waals surface area (Å²) in [6, 6.07) is 0. The van der Waals surface area contributed by atoms with Gasteiger partial charge in [0.2, 0.25) is 0 Å². The van der Waals surface area contributed by atoms with E-state index in [1.807, 2.05) is 0 Å². The van der Waals surface area contributed by atoms with Crippen LogP contribution in [0.25, 0.3) is 0 Å². The maximum absolute atomic E-state index is 10.2. The Bertz CT molecular complexity index is 282. The fourth-order valence-electron chi connectivity index (χ4n) is 0.695. The van der Waals surface area contributed by atoms with Gasteiger partial charge in [0.15, 0.2) is 0 Å². The van der Waals surface area contributed by atoms with Crippen molar-refractivity contribution in [2.24, 2.45) is 0 Å². The number of rotatable bonds is 5. The molecule has 0 saturated heterocycles. The minimum atomic E-state index is -3.46. The summed E-state index contributed by atoms with van der Waals surface area (Å²) in [4.78, 5) is 30.2. The van der Waals surface area contributed by atoms with Gasteiger partial charge in [0.1, 0.15) is 11.7 Å². The van der Waals surface area contributed by atoms with Gasteiger partial charge in [0.05, 0.1) is 11.9 Å². The van der Waals surface area contributed by atoms with E-state index in [0.29, 0.717) is 0 Å². The molecular formula is C6H5KMgO8. The number of carboxylic acids is 3. The molecule has 0 heterocycles. The summed E-state index contributed by atoms with van der Waals surface area (Å²) in [5, 5.41) is 47.8. The predicted molar refractivity (Wildman–Crippen MR) is 36.3 cm³/mol. The number of aliphatic carboxylic acids is 3. The molecule has 2 atom stereocenters. The fourth-order valence-corrected chi connectivity index (χ4v) is 0.695. The summed E-state index contributed by atoms with van der Waals surface area (Å²) in [6.07, 6.45) is -4.53. The van der Waals surface area contributed by atoms with Crippen LogP contribution in [0.15, 0.2) is 0 Å².